The maximum atomic E-state index is 11.7. The van der Waals surface area contributed by atoms with Crippen molar-refractivity contribution in [3.63, 3.8) is 0 Å². The fourth-order valence-electron chi connectivity index (χ4n) is 1.58. The van der Waals surface area contributed by atoms with Crippen LogP contribution in [0.1, 0.15) is 21.2 Å². The zero-order chi connectivity index (χ0) is 12.3. The first-order valence-electron chi connectivity index (χ1n) is 5.41. The highest BCUT2D eigenvalue weighted by atomic mass is 32.1. The van der Waals surface area contributed by atoms with Crippen molar-refractivity contribution in [3.8, 4) is 0 Å². The molecule has 0 aliphatic carbocycles. The summed E-state index contributed by atoms with van der Waals surface area (Å²) in [6, 6.07) is 0. The van der Waals surface area contributed by atoms with E-state index in [0.29, 0.717) is 11.6 Å². The Balaban J connectivity index is 1.77. The number of aromatic nitrogens is 2. The first-order chi connectivity index (χ1) is 8.16. The van der Waals surface area contributed by atoms with Crippen molar-refractivity contribution >= 4 is 17.2 Å². The van der Waals surface area contributed by atoms with Gasteiger partial charge >= 0.3 is 0 Å². The van der Waals surface area contributed by atoms with Gasteiger partial charge in [-0.2, -0.15) is 0 Å². The highest BCUT2D eigenvalue weighted by Crippen LogP contribution is 2.09. The highest BCUT2D eigenvalue weighted by molar-refractivity contribution is 7.13. The molecule has 6 nitrogen and oxygen atoms in total. The Morgan fingerprint density at radius 3 is 3.06 bits per heavy atom. The van der Waals surface area contributed by atoms with Gasteiger partial charge < -0.3 is 10.3 Å². The van der Waals surface area contributed by atoms with Crippen molar-refractivity contribution in [2.75, 3.05) is 20.1 Å². The average molecular weight is 253 g/mol. The predicted molar refractivity (Wildman–Crippen MR) is 65.4 cm³/mol. The third-order valence-electron chi connectivity index (χ3n) is 2.48. The molecule has 0 atom stereocenters. The van der Waals surface area contributed by atoms with Crippen molar-refractivity contribution in [1.29, 1.82) is 0 Å². The lowest BCUT2D eigenvalue weighted by Gasteiger charge is -2.16. The maximum absolute atomic E-state index is 11.7. The molecule has 1 aliphatic rings. The molecule has 1 aromatic rings. The molecule has 1 aromatic heterocycles. The van der Waals surface area contributed by atoms with E-state index in [1.165, 1.54) is 17.0 Å². The van der Waals surface area contributed by atoms with Gasteiger partial charge in [0.2, 0.25) is 5.01 Å². The molecule has 1 amide bonds. The van der Waals surface area contributed by atoms with Crippen LogP contribution in [0.5, 0.6) is 0 Å². The number of hydrogen-bond acceptors (Lipinski definition) is 6. The first kappa shape index (κ1) is 12.0. The smallest absolute Gasteiger partial charge is 0.282 e. The van der Waals surface area contributed by atoms with Crippen molar-refractivity contribution < 1.29 is 4.79 Å². The third kappa shape index (κ3) is 3.01. The molecule has 0 saturated carbocycles. The standard InChI is InChI=1S/C10H15N5OS/c1-7-13-14-10(17-7)9(16)11-5-3-8-4-6-12-15(8)2/h4,12H,3,5-6H2,1-2H3,(H,11,16). The van der Waals surface area contributed by atoms with Gasteiger partial charge in [0.25, 0.3) is 5.91 Å². The number of aryl methyl sites for hydroxylation is 1. The van der Waals surface area contributed by atoms with E-state index in [9.17, 15) is 4.79 Å². The number of nitrogens with zero attached hydrogens (tertiary/aromatic N) is 3. The van der Waals surface area contributed by atoms with Crippen molar-refractivity contribution in [2.24, 2.45) is 0 Å². The molecule has 2 heterocycles. The second-order valence-electron chi connectivity index (χ2n) is 3.75. The molecule has 2 rings (SSSR count). The van der Waals surface area contributed by atoms with Crippen molar-refractivity contribution in [1.82, 2.24) is 25.9 Å². The minimum atomic E-state index is -0.148. The van der Waals surface area contributed by atoms with E-state index in [4.69, 9.17) is 0 Å². The second-order valence-corrected chi connectivity index (χ2v) is 4.93. The fraction of sp³-hybridized carbons (Fsp3) is 0.500. The molecule has 0 fully saturated rings. The van der Waals surface area contributed by atoms with E-state index >= 15 is 0 Å². The Labute approximate surface area is 104 Å². The molecule has 0 saturated heterocycles. The van der Waals surface area contributed by atoms with Crippen LogP contribution < -0.4 is 10.7 Å². The van der Waals surface area contributed by atoms with E-state index in [1.807, 2.05) is 19.0 Å². The number of nitrogens with one attached hydrogen (secondary N) is 2. The lowest BCUT2D eigenvalue weighted by atomic mass is 10.3. The lowest BCUT2D eigenvalue weighted by Crippen LogP contribution is -2.30. The minimum Gasteiger partial charge on any atom is -0.350 e. The molecular weight excluding hydrogens is 238 g/mol. The van der Waals surface area contributed by atoms with Gasteiger partial charge in [0, 0.05) is 32.3 Å². The number of amides is 1. The minimum absolute atomic E-state index is 0.148. The van der Waals surface area contributed by atoms with Crippen LogP contribution in [0.15, 0.2) is 11.8 Å². The van der Waals surface area contributed by atoms with Crippen LogP contribution in [0.25, 0.3) is 0 Å². The number of carbonyl (C=O) groups is 1. The number of carbonyl (C=O) groups excluding carboxylic acids is 1. The number of hydrogen-bond donors (Lipinski definition) is 2. The van der Waals surface area contributed by atoms with E-state index in [-0.39, 0.29) is 5.91 Å². The van der Waals surface area contributed by atoms with E-state index in [2.05, 4.69) is 27.0 Å². The second kappa shape index (κ2) is 5.24. The van der Waals surface area contributed by atoms with E-state index in [1.54, 1.807) is 0 Å². The monoisotopic (exact) mass is 253 g/mol. The first-order valence-corrected chi connectivity index (χ1v) is 6.23. The summed E-state index contributed by atoms with van der Waals surface area (Å²) < 4.78 is 0. The van der Waals surface area contributed by atoms with Crippen LogP contribution in [-0.4, -0.2) is 41.3 Å². The Morgan fingerprint density at radius 2 is 2.47 bits per heavy atom. The largest absolute Gasteiger partial charge is 0.350 e. The number of hydrazine groups is 1. The lowest BCUT2D eigenvalue weighted by molar-refractivity contribution is 0.0952. The molecule has 92 valence electrons. The van der Waals surface area contributed by atoms with Gasteiger partial charge in [-0.25, -0.2) is 5.43 Å². The van der Waals surface area contributed by atoms with Gasteiger partial charge in [-0.05, 0) is 13.0 Å². The molecule has 17 heavy (non-hydrogen) atoms. The van der Waals surface area contributed by atoms with Gasteiger partial charge in [-0.1, -0.05) is 11.3 Å². The zero-order valence-electron chi connectivity index (χ0n) is 9.86. The molecular formula is C10H15N5OS. The molecule has 2 N–H and O–H groups in total. The van der Waals surface area contributed by atoms with Crippen LogP contribution in [0.3, 0.4) is 0 Å². The summed E-state index contributed by atoms with van der Waals surface area (Å²) in [5.41, 5.74) is 4.34. The fourth-order valence-corrected chi connectivity index (χ4v) is 2.18. The summed E-state index contributed by atoms with van der Waals surface area (Å²) in [6.07, 6.45) is 2.92. The zero-order valence-corrected chi connectivity index (χ0v) is 10.7. The number of rotatable bonds is 4. The third-order valence-corrected chi connectivity index (χ3v) is 3.32. The molecule has 0 aromatic carbocycles. The van der Waals surface area contributed by atoms with Gasteiger partial charge in [0.05, 0.1) is 0 Å². The Bertz CT molecular complexity index is 442. The quantitative estimate of drug-likeness (QED) is 0.807. The summed E-state index contributed by atoms with van der Waals surface area (Å²) in [7, 11) is 1.97. The average Bonchev–Trinajstić information content (AvgIpc) is 2.88. The molecule has 7 heteroatoms. The topological polar surface area (TPSA) is 70.1 Å². The molecule has 1 aliphatic heterocycles. The summed E-state index contributed by atoms with van der Waals surface area (Å²) in [5, 5.41) is 13.6. The molecule has 0 bridgehead atoms. The Hall–Kier alpha value is -1.47. The van der Waals surface area contributed by atoms with Gasteiger partial charge in [0.1, 0.15) is 5.01 Å². The summed E-state index contributed by atoms with van der Waals surface area (Å²) in [5.74, 6) is -0.148. The molecule has 0 radical (unpaired) electrons. The Morgan fingerprint density at radius 1 is 1.65 bits per heavy atom. The predicted octanol–water partition coefficient (Wildman–Crippen LogP) is 0.300. The summed E-state index contributed by atoms with van der Waals surface area (Å²) in [6.45, 7) is 3.29. The van der Waals surface area contributed by atoms with Crippen molar-refractivity contribution in [2.45, 2.75) is 13.3 Å². The SMILES string of the molecule is Cc1nnc(C(=O)NCCC2=CCNN2C)s1. The van der Waals surface area contributed by atoms with Crippen LogP contribution in [0.2, 0.25) is 0 Å². The van der Waals surface area contributed by atoms with Crippen molar-refractivity contribution in [3.05, 3.63) is 21.8 Å². The maximum Gasteiger partial charge on any atom is 0.282 e. The van der Waals surface area contributed by atoms with E-state index < -0.39 is 0 Å². The molecule has 0 unspecified atom stereocenters. The van der Waals surface area contributed by atoms with Crippen LogP contribution in [0, 0.1) is 6.92 Å². The van der Waals surface area contributed by atoms with E-state index in [0.717, 1.165) is 18.0 Å². The summed E-state index contributed by atoms with van der Waals surface area (Å²) >= 11 is 1.31. The highest BCUT2D eigenvalue weighted by Gasteiger charge is 2.12. The van der Waals surface area contributed by atoms with Crippen LogP contribution >= 0.6 is 11.3 Å². The van der Waals surface area contributed by atoms with Gasteiger partial charge in [0.15, 0.2) is 0 Å². The summed E-state index contributed by atoms with van der Waals surface area (Å²) in [4.78, 5) is 11.7. The van der Waals surface area contributed by atoms with Gasteiger partial charge in [-0.3, -0.25) is 4.79 Å². The Kier molecular flexibility index (Phi) is 3.70. The molecule has 0 spiro atoms. The normalized spacial score (nSPS) is 14.9. The van der Waals surface area contributed by atoms with Gasteiger partial charge in [-0.15, -0.1) is 10.2 Å². The van der Waals surface area contributed by atoms with Crippen LogP contribution in [-0.2, 0) is 0 Å². The van der Waals surface area contributed by atoms with Crippen LogP contribution in [0.4, 0.5) is 0 Å².